The van der Waals surface area contributed by atoms with Crippen molar-refractivity contribution in [3.63, 3.8) is 0 Å². The van der Waals surface area contributed by atoms with Crippen LogP contribution in [0.15, 0.2) is 92.4 Å². The first-order valence-electron chi connectivity index (χ1n) is 7.28. The summed E-state index contributed by atoms with van der Waals surface area (Å²) in [6, 6.07) is 26.5. The Hall–Kier alpha value is -1.90. The Balaban J connectivity index is 1.75. The second-order valence-corrected chi connectivity index (χ2v) is 7.66. The zero-order chi connectivity index (χ0) is 14.5. The molecule has 0 unspecified atom stereocenters. The van der Waals surface area contributed by atoms with Crippen LogP contribution in [0, 0.1) is 0 Å². The van der Waals surface area contributed by atoms with E-state index in [1.807, 2.05) is 23.5 Å². The summed E-state index contributed by atoms with van der Waals surface area (Å²) in [5, 5.41) is 5.27. The van der Waals surface area contributed by atoms with Gasteiger partial charge in [0.15, 0.2) is 0 Å². The van der Waals surface area contributed by atoms with Crippen molar-refractivity contribution in [1.82, 2.24) is 0 Å². The van der Waals surface area contributed by atoms with Gasteiger partial charge in [0.25, 0.3) is 0 Å². The standard InChI is InChI=1S/C20H12S2/c1-2-6-14-10-16-12-20-19(11-15(16)9-13(14)5-1)21-17-7-3-4-8-18(17)22-20/h1-12H. The highest BCUT2D eigenvalue weighted by atomic mass is 32.2. The van der Waals surface area contributed by atoms with E-state index >= 15 is 0 Å². The lowest BCUT2D eigenvalue weighted by molar-refractivity contribution is 1.17. The number of hydrogen-bond acceptors (Lipinski definition) is 2. The summed E-state index contributed by atoms with van der Waals surface area (Å²) in [7, 11) is 0. The minimum atomic E-state index is 1.31. The van der Waals surface area contributed by atoms with Gasteiger partial charge in [-0.25, -0.2) is 0 Å². The van der Waals surface area contributed by atoms with E-state index in [2.05, 4.69) is 72.8 Å². The molecule has 0 atom stereocenters. The fourth-order valence-electron chi connectivity index (χ4n) is 2.97. The molecule has 2 heteroatoms. The van der Waals surface area contributed by atoms with E-state index in [-0.39, 0.29) is 0 Å². The third-order valence-electron chi connectivity index (χ3n) is 4.06. The van der Waals surface area contributed by atoms with Crippen molar-refractivity contribution >= 4 is 45.1 Å². The van der Waals surface area contributed by atoms with E-state index in [0.717, 1.165) is 0 Å². The lowest BCUT2D eigenvalue weighted by Gasteiger charge is -2.19. The van der Waals surface area contributed by atoms with Gasteiger partial charge < -0.3 is 0 Å². The summed E-state index contributed by atoms with van der Waals surface area (Å²) in [4.78, 5) is 5.46. The van der Waals surface area contributed by atoms with Crippen molar-refractivity contribution in [3.05, 3.63) is 72.8 Å². The Morgan fingerprint density at radius 3 is 1.36 bits per heavy atom. The average Bonchev–Trinajstić information content (AvgIpc) is 2.56. The van der Waals surface area contributed by atoms with Crippen molar-refractivity contribution in [1.29, 1.82) is 0 Å². The largest absolute Gasteiger partial charge is 0.0877 e. The van der Waals surface area contributed by atoms with Crippen LogP contribution < -0.4 is 0 Å². The van der Waals surface area contributed by atoms with Gasteiger partial charge in [0.05, 0.1) is 0 Å². The van der Waals surface area contributed by atoms with Crippen molar-refractivity contribution in [2.24, 2.45) is 0 Å². The number of benzene rings is 4. The molecule has 0 spiro atoms. The molecule has 22 heavy (non-hydrogen) atoms. The highest BCUT2D eigenvalue weighted by molar-refractivity contribution is 8.05. The van der Waals surface area contributed by atoms with E-state index < -0.39 is 0 Å². The summed E-state index contributed by atoms with van der Waals surface area (Å²) in [6.45, 7) is 0. The van der Waals surface area contributed by atoms with Gasteiger partial charge in [0.1, 0.15) is 0 Å². The first-order chi connectivity index (χ1) is 10.9. The molecule has 104 valence electrons. The zero-order valence-electron chi connectivity index (χ0n) is 11.7. The molecular weight excluding hydrogens is 304 g/mol. The number of fused-ring (bicyclic) bond motifs is 4. The Labute approximate surface area is 137 Å². The van der Waals surface area contributed by atoms with E-state index in [0.29, 0.717) is 0 Å². The molecule has 1 aliphatic heterocycles. The van der Waals surface area contributed by atoms with Crippen LogP contribution in [0.25, 0.3) is 21.5 Å². The Morgan fingerprint density at radius 2 is 0.864 bits per heavy atom. The maximum Gasteiger partial charge on any atom is 0.0268 e. The number of rotatable bonds is 0. The lowest BCUT2D eigenvalue weighted by Crippen LogP contribution is -1.89. The molecule has 1 heterocycles. The second-order valence-electron chi connectivity index (χ2n) is 5.50. The van der Waals surface area contributed by atoms with E-state index in [9.17, 15) is 0 Å². The van der Waals surface area contributed by atoms with Crippen LogP contribution in [0.5, 0.6) is 0 Å². The van der Waals surface area contributed by atoms with Gasteiger partial charge in [0.2, 0.25) is 0 Å². The van der Waals surface area contributed by atoms with Gasteiger partial charge in [-0.3, -0.25) is 0 Å². The molecule has 0 nitrogen and oxygen atoms in total. The van der Waals surface area contributed by atoms with Gasteiger partial charge in [0, 0.05) is 19.6 Å². The molecule has 0 saturated heterocycles. The quantitative estimate of drug-likeness (QED) is 0.295. The molecule has 0 N–H and O–H groups in total. The van der Waals surface area contributed by atoms with Crippen LogP contribution in [0.3, 0.4) is 0 Å². The SMILES string of the molecule is c1ccc2c(c1)Sc1cc3cc4ccccc4cc3cc1S2. The monoisotopic (exact) mass is 316 g/mol. The van der Waals surface area contributed by atoms with Crippen molar-refractivity contribution in [2.75, 3.05) is 0 Å². The third kappa shape index (κ3) is 1.95. The molecule has 0 aliphatic carbocycles. The zero-order valence-corrected chi connectivity index (χ0v) is 13.4. The molecular formula is C20H12S2. The molecule has 0 saturated carbocycles. The molecule has 0 amide bonds. The van der Waals surface area contributed by atoms with Crippen LogP contribution in [0.4, 0.5) is 0 Å². The molecule has 0 radical (unpaired) electrons. The van der Waals surface area contributed by atoms with Gasteiger partial charge in [-0.15, -0.1) is 0 Å². The minimum Gasteiger partial charge on any atom is -0.0877 e. The Bertz CT molecular complexity index is 951. The third-order valence-corrected chi connectivity index (χ3v) is 6.58. The van der Waals surface area contributed by atoms with Crippen LogP contribution in [0.2, 0.25) is 0 Å². The smallest absolute Gasteiger partial charge is 0.0268 e. The first-order valence-corrected chi connectivity index (χ1v) is 8.91. The summed E-state index contributed by atoms with van der Waals surface area (Å²) >= 11 is 3.76. The van der Waals surface area contributed by atoms with Gasteiger partial charge >= 0.3 is 0 Å². The maximum atomic E-state index is 2.34. The fourth-order valence-corrected chi connectivity index (χ4v) is 5.26. The molecule has 5 rings (SSSR count). The number of hydrogen-bond donors (Lipinski definition) is 0. The Kier molecular flexibility index (Phi) is 2.76. The molecule has 4 aromatic carbocycles. The van der Waals surface area contributed by atoms with E-state index in [1.165, 1.54) is 41.1 Å². The van der Waals surface area contributed by atoms with Crippen molar-refractivity contribution in [2.45, 2.75) is 19.6 Å². The van der Waals surface area contributed by atoms with Gasteiger partial charge in [-0.1, -0.05) is 59.9 Å². The molecule has 0 fully saturated rings. The minimum absolute atomic E-state index is 1.31. The predicted molar refractivity (Wildman–Crippen MR) is 96.1 cm³/mol. The van der Waals surface area contributed by atoms with Crippen LogP contribution >= 0.6 is 23.5 Å². The Morgan fingerprint density at radius 1 is 0.409 bits per heavy atom. The highest BCUT2D eigenvalue weighted by Crippen LogP contribution is 2.49. The van der Waals surface area contributed by atoms with Crippen LogP contribution in [-0.4, -0.2) is 0 Å². The summed E-state index contributed by atoms with van der Waals surface area (Å²) < 4.78 is 0. The predicted octanol–water partition coefficient (Wildman–Crippen LogP) is 6.61. The van der Waals surface area contributed by atoms with Crippen LogP contribution in [0.1, 0.15) is 0 Å². The van der Waals surface area contributed by atoms with Crippen molar-refractivity contribution in [3.8, 4) is 0 Å². The summed E-state index contributed by atoms with van der Waals surface area (Å²) in [5.41, 5.74) is 0. The average molecular weight is 316 g/mol. The molecule has 0 bridgehead atoms. The maximum absolute atomic E-state index is 2.34. The molecule has 1 aliphatic rings. The first kappa shape index (κ1) is 12.6. The fraction of sp³-hybridized carbons (Fsp3) is 0. The van der Waals surface area contributed by atoms with Crippen LogP contribution in [-0.2, 0) is 0 Å². The topological polar surface area (TPSA) is 0 Å². The van der Waals surface area contributed by atoms with Gasteiger partial charge in [-0.05, 0) is 57.9 Å². The second kappa shape index (κ2) is 4.80. The van der Waals surface area contributed by atoms with E-state index in [1.54, 1.807) is 0 Å². The molecule has 0 aromatic heterocycles. The van der Waals surface area contributed by atoms with Crippen molar-refractivity contribution < 1.29 is 0 Å². The van der Waals surface area contributed by atoms with E-state index in [4.69, 9.17) is 0 Å². The molecule has 4 aromatic rings. The van der Waals surface area contributed by atoms with Gasteiger partial charge in [-0.2, -0.15) is 0 Å². The lowest BCUT2D eigenvalue weighted by atomic mass is 10.0. The summed E-state index contributed by atoms with van der Waals surface area (Å²) in [6.07, 6.45) is 0. The normalized spacial score (nSPS) is 13.1. The highest BCUT2D eigenvalue weighted by Gasteiger charge is 2.17. The summed E-state index contributed by atoms with van der Waals surface area (Å²) in [5.74, 6) is 0.